The number of urea groups is 1. The molecule has 0 spiro atoms. The zero-order chi connectivity index (χ0) is 22.1. The molecule has 0 saturated carbocycles. The van der Waals surface area contributed by atoms with Gasteiger partial charge in [-0.25, -0.2) is 14.8 Å². The van der Waals surface area contributed by atoms with E-state index in [0.29, 0.717) is 42.5 Å². The van der Waals surface area contributed by atoms with Gasteiger partial charge in [-0.2, -0.15) is 0 Å². The van der Waals surface area contributed by atoms with Crippen molar-refractivity contribution in [1.29, 1.82) is 0 Å². The van der Waals surface area contributed by atoms with Crippen molar-refractivity contribution in [1.82, 2.24) is 24.8 Å². The summed E-state index contributed by atoms with van der Waals surface area (Å²) in [5.41, 5.74) is 2.32. The van der Waals surface area contributed by atoms with Crippen molar-refractivity contribution in [2.24, 2.45) is 5.92 Å². The summed E-state index contributed by atoms with van der Waals surface area (Å²) in [5.74, 6) is 1.03. The number of halogens is 1. The van der Waals surface area contributed by atoms with Crippen LogP contribution in [0.3, 0.4) is 0 Å². The van der Waals surface area contributed by atoms with Crippen molar-refractivity contribution in [3.63, 3.8) is 0 Å². The first-order valence-corrected chi connectivity index (χ1v) is 11.4. The number of nitrogens with one attached hydrogen (secondary N) is 2. The largest absolute Gasteiger partial charge is 0.342 e. The smallest absolute Gasteiger partial charge is 0.321 e. The molecule has 32 heavy (non-hydrogen) atoms. The van der Waals surface area contributed by atoms with E-state index >= 15 is 0 Å². The maximum atomic E-state index is 13.2. The number of rotatable bonds is 3. The number of nitrogens with zero attached hydrogens (tertiary/aromatic N) is 4. The number of benzene rings is 1. The number of likely N-dealkylation sites (tertiary alicyclic amines) is 2. The van der Waals surface area contributed by atoms with Crippen LogP contribution in [0.2, 0.25) is 5.02 Å². The lowest BCUT2D eigenvalue weighted by molar-refractivity contribution is -0.135. The highest BCUT2D eigenvalue weighted by Crippen LogP contribution is 2.29. The number of carbonyl (C=O) groups is 2. The zero-order valence-corrected chi connectivity index (χ0v) is 18.4. The molecule has 9 heteroatoms. The minimum absolute atomic E-state index is 0.130. The van der Waals surface area contributed by atoms with Crippen LogP contribution in [-0.2, 0) is 4.79 Å². The molecule has 2 atom stereocenters. The van der Waals surface area contributed by atoms with Crippen molar-refractivity contribution in [2.75, 3.05) is 31.5 Å². The molecule has 2 unspecified atom stereocenters. The molecule has 1 aromatic carbocycles. The number of H-pyrrole nitrogens is 1. The molecule has 2 fully saturated rings. The van der Waals surface area contributed by atoms with Crippen LogP contribution in [0.4, 0.5) is 10.5 Å². The summed E-state index contributed by atoms with van der Waals surface area (Å²) in [6.07, 6.45) is 4.23. The van der Waals surface area contributed by atoms with E-state index in [2.05, 4.69) is 20.3 Å². The predicted octanol–water partition coefficient (Wildman–Crippen LogP) is 3.87. The van der Waals surface area contributed by atoms with Gasteiger partial charge in [0.25, 0.3) is 0 Å². The number of piperidine rings is 1. The summed E-state index contributed by atoms with van der Waals surface area (Å²) in [5, 5.41) is 3.51. The fourth-order valence-corrected chi connectivity index (χ4v) is 4.72. The maximum absolute atomic E-state index is 13.2. The first-order chi connectivity index (χ1) is 15.6. The van der Waals surface area contributed by atoms with Gasteiger partial charge in [-0.05, 0) is 55.7 Å². The average Bonchev–Trinajstić information content (AvgIpc) is 3.47. The lowest BCUT2D eigenvalue weighted by atomic mass is 9.97. The summed E-state index contributed by atoms with van der Waals surface area (Å²) >= 11 is 5.91. The van der Waals surface area contributed by atoms with Crippen LogP contribution in [-0.4, -0.2) is 62.9 Å². The van der Waals surface area contributed by atoms with E-state index < -0.39 is 0 Å². The van der Waals surface area contributed by atoms with E-state index in [9.17, 15) is 9.59 Å². The fourth-order valence-electron chi connectivity index (χ4n) is 4.60. The molecule has 0 bridgehead atoms. The molecular formula is C23H25ClN6O2. The van der Waals surface area contributed by atoms with E-state index in [0.717, 1.165) is 30.6 Å². The molecule has 5 rings (SSSR count). The number of anilines is 1. The first kappa shape index (κ1) is 20.8. The molecule has 2 aromatic heterocycles. The van der Waals surface area contributed by atoms with Crippen LogP contribution < -0.4 is 5.32 Å². The van der Waals surface area contributed by atoms with Crippen LogP contribution >= 0.6 is 11.6 Å². The first-order valence-electron chi connectivity index (χ1n) is 11.0. The molecule has 3 aromatic rings. The Morgan fingerprint density at radius 1 is 1.06 bits per heavy atom. The van der Waals surface area contributed by atoms with Gasteiger partial charge in [-0.1, -0.05) is 11.6 Å². The minimum atomic E-state index is -0.182. The number of carbonyl (C=O) groups excluding carboxylic acids is 2. The van der Waals surface area contributed by atoms with Crippen molar-refractivity contribution in [3.05, 3.63) is 53.4 Å². The molecule has 0 aliphatic carbocycles. The Kier molecular flexibility index (Phi) is 5.70. The Balaban J connectivity index is 1.19. The molecule has 4 heterocycles. The fraction of sp³-hybridized carbons (Fsp3) is 0.391. The van der Waals surface area contributed by atoms with E-state index in [4.69, 9.17) is 11.6 Å². The standard InChI is InChI=1S/C23H25ClN6O2/c24-17-5-7-18(8-6-17)26-23(32)30-11-2-3-16(14-30)22(31)29-12-9-15(13-29)20-27-19-4-1-10-25-21(19)28-20/h1,4-8,10,15-16H,2-3,9,11-14H2,(H,26,32)(H,25,27,28). The van der Waals surface area contributed by atoms with Crippen molar-refractivity contribution in [3.8, 4) is 0 Å². The van der Waals surface area contributed by atoms with Gasteiger partial charge in [0.1, 0.15) is 5.82 Å². The van der Waals surface area contributed by atoms with Crippen LogP contribution in [0.1, 0.15) is 31.0 Å². The SMILES string of the molecule is O=C(Nc1ccc(Cl)cc1)N1CCCC(C(=O)N2CCC(c3nc4ncccc4[nH]3)C2)C1. The number of aromatic nitrogens is 3. The van der Waals surface area contributed by atoms with Gasteiger partial charge in [0.05, 0.1) is 11.4 Å². The van der Waals surface area contributed by atoms with Crippen LogP contribution in [0.15, 0.2) is 42.6 Å². The number of aromatic amines is 1. The van der Waals surface area contributed by atoms with Crippen LogP contribution in [0.5, 0.6) is 0 Å². The number of pyridine rings is 1. The van der Waals surface area contributed by atoms with E-state index in [-0.39, 0.29) is 23.8 Å². The summed E-state index contributed by atoms with van der Waals surface area (Å²) in [7, 11) is 0. The Labute approximate surface area is 191 Å². The molecule has 8 nitrogen and oxygen atoms in total. The Bertz CT molecular complexity index is 1100. The van der Waals surface area contributed by atoms with Crippen LogP contribution in [0.25, 0.3) is 11.2 Å². The lowest BCUT2D eigenvalue weighted by Gasteiger charge is -2.34. The number of hydrogen-bond donors (Lipinski definition) is 2. The zero-order valence-electron chi connectivity index (χ0n) is 17.6. The minimum Gasteiger partial charge on any atom is -0.342 e. The highest BCUT2D eigenvalue weighted by atomic mass is 35.5. The Morgan fingerprint density at radius 2 is 1.91 bits per heavy atom. The summed E-state index contributed by atoms with van der Waals surface area (Å²) in [4.78, 5) is 41.8. The monoisotopic (exact) mass is 452 g/mol. The number of amides is 3. The predicted molar refractivity (Wildman–Crippen MR) is 123 cm³/mol. The lowest BCUT2D eigenvalue weighted by Crippen LogP contribution is -2.47. The topological polar surface area (TPSA) is 94.2 Å². The summed E-state index contributed by atoms with van der Waals surface area (Å²) in [6.45, 7) is 2.44. The second kappa shape index (κ2) is 8.78. The second-order valence-electron chi connectivity index (χ2n) is 8.49. The van der Waals surface area contributed by atoms with Crippen LogP contribution in [0, 0.1) is 5.92 Å². The van der Waals surface area contributed by atoms with Gasteiger partial charge in [-0.3, -0.25) is 4.79 Å². The Morgan fingerprint density at radius 3 is 2.72 bits per heavy atom. The van der Waals surface area contributed by atoms with Crippen molar-refractivity contribution < 1.29 is 9.59 Å². The van der Waals surface area contributed by atoms with Gasteiger partial charge in [-0.15, -0.1) is 0 Å². The van der Waals surface area contributed by atoms with Crippen molar-refractivity contribution in [2.45, 2.75) is 25.2 Å². The molecule has 2 aliphatic heterocycles. The quantitative estimate of drug-likeness (QED) is 0.630. The molecule has 166 valence electrons. The number of hydrogen-bond acceptors (Lipinski definition) is 4. The average molecular weight is 453 g/mol. The third-order valence-electron chi connectivity index (χ3n) is 6.32. The van der Waals surface area contributed by atoms with E-state index in [1.807, 2.05) is 17.0 Å². The van der Waals surface area contributed by atoms with Gasteiger partial charge in [0.2, 0.25) is 5.91 Å². The molecule has 3 amide bonds. The van der Waals surface area contributed by atoms with Gasteiger partial charge in [0.15, 0.2) is 5.65 Å². The molecule has 0 radical (unpaired) electrons. The van der Waals surface area contributed by atoms with E-state index in [1.54, 1.807) is 35.4 Å². The van der Waals surface area contributed by atoms with Gasteiger partial charge < -0.3 is 20.1 Å². The molecule has 2 N–H and O–H groups in total. The Hall–Kier alpha value is -3.13. The molecule has 2 aliphatic rings. The number of fused-ring (bicyclic) bond motifs is 1. The third kappa shape index (κ3) is 4.27. The summed E-state index contributed by atoms with van der Waals surface area (Å²) < 4.78 is 0. The summed E-state index contributed by atoms with van der Waals surface area (Å²) in [6, 6.07) is 10.7. The molecular weight excluding hydrogens is 428 g/mol. The normalized spacial score (nSPS) is 21.2. The van der Waals surface area contributed by atoms with Gasteiger partial charge in [0, 0.05) is 49.0 Å². The van der Waals surface area contributed by atoms with Gasteiger partial charge >= 0.3 is 6.03 Å². The second-order valence-corrected chi connectivity index (χ2v) is 8.93. The maximum Gasteiger partial charge on any atom is 0.321 e. The van der Waals surface area contributed by atoms with Crippen molar-refractivity contribution >= 4 is 40.4 Å². The third-order valence-corrected chi connectivity index (χ3v) is 6.57. The highest BCUT2D eigenvalue weighted by Gasteiger charge is 2.35. The van der Waals surface area contributed by atoms with E-state index in [1.165, 1.54) is 0 Å². The molecule has 2 saturated heterocycles. The highest BCUT2D eigenvalue weighted by molar-refractivity contribution is 6.30. The number of imidazole rings is 1.